The number of carboxylic acid groups (broad SMARTS) is 1. The fourth-order valence-corrected chi connectivity index (χ4v) is 0.635. The van der Waals surface area contributed by atoms with Gasteiger partial charge in [0, 0.05) is 0 Å². The molecular weight excluding hydrogens is 134 g/mol. The zero-order valence-corrected chi connectivity index (χ0v) is 5.04. The molecule has 0 saturated carbocycles. The van der Waals surface area contributed by atoms with Crippen LogP contribution in [0.5, 0.6) is 0 Å². The van der Waals surface area contributed by atoms with E-state index in [9.17, 15) is 9.18 Å². The van der Waals surface area contributed by atoms with Crippen molar-refractivity contribution in [3.05, 3.63) is 35.6 Å². The summed E-state index contributed by atoms with van der Waals surface area (Å²) in [6, 6.07) is 5.26. The Hall–Kier alpha value is -1.38. The average Bonchev–Trinajstić information content (AvgIpc) is 1.88. The predicted molar refractivity (Wildman–Crippen MR) is 33.4 cm³/mol. The molecule has 0 unspecified atom stereocenters. The molecule has 0 aromatic heterocycles. The fourth-order valence-electron chi connectivity index (χ4n) is 0.635. The standard InChI is InChI=1S/C7H5FO2/c8-6-4-2-1-3-5(6)7(9)10/h1-4H,(H,9,10)/i8-1. The molecular formula is C7H5FO2. The Balaban J connectivity index is 3.15. The van der Waals surface area contributed by atoms with Gasteiger partial charge in [-0.3, -0.25) is 0 Å². The molecule has 0 aliphatic heterocycles. The van der Waals surface area contributed by atoms with Gasteiger partial charge < -0.3 is 5.11 Å². The molecule has 1 aromatic carbocycles. The highest BCUT2D eigenvalue weighted by Gasteiger charge is 2.06. The number of hydrogen-bond donors (Lipinski definition) is 1. The lowest BCUT2D eigenvalue weighted by molar-refractivity contribution is 0.0692. The third-order valence-electron chi connectivity index (χ3n) is 1.10. The maximum atomic E-state index is 12.5. The first-order chi connectivity index (χ1) is 4.72. The van der Waals surface area contributed by atoms with Crippen molar-refractivity contribution in [2.24, 2.45) is 0 Å². The summed E-state index contributed by atoms with van der Waals surface area (Å²) in [5, 5.41) is 8.33. The van der Waals surface area contributed by atoms with Gasteiger partial charge in [0.05, 0.1) is 5.56 Å². The molecule has 0 heterocycles. The minimum Gasteiger partial charge on any atom is -0.478 e. The summed E-state index contributed by atoms with van der Waals surface area (Å²) in [4.78, 5) is 10.2. The van der Waals surface area contributed by atoms with Gasteiger partial charge in [0.25, 0.3) is 0 Å². The third kappa shape index (κ3) is 1.13. The number of hydrogen-bond acceptors (Lipinski definition) is 1. The van der Waals surface area contributed by atoms with Crippen molar-refractivity contribution < 1.29 is 14.3 Å². The van der Waals surface area contributed by atoms with Crippen LogP contribution in [0.15, 0.2) is 24.3 Å². The number of aromatic carboxylic acids is 1. The Morgan fingerprint density at radius 3 is 2.40 bits per heavy atom. The van der Waals surface area contributed by atoms with E-state index in [4.69, 9.17) is 5.11 Å². The maximum Gasteiger partial charge on any atom is 0.338 e. The first-order valence-corrected chi connectivity index (χ1v) is 2.69. The highest BCUT2D eigenvalue weighted by molar-refractivity contribution is 5.87. The molecule has 0 aliphatic rings. The number of carboxylic acids is 1. The number of carbonyl (C=O) groups is 1. The molecule has 52 valence electrons. The van der Waals surface area contributed by atoms with Crippen molar-refractivity contribution in [1.29, 1.82) is 0 Å². The topological polar surface area (TPSA) is 37.3 Å². The van der Waals surface area contributed by atoms with Crippen LogP contribution in [0.4, 0.5) is 4.39 Å². The highest BCUT2D eigenvalue weighted by atomic mass is 18.2. The van der Waals surface area contributed by atoms with Gasteiger partial charge in [0.2, 0.25) is 0 Å². The molecule has 0 amide bonds. The summed E-state index contributed by atoms with van der Waals surface area (Å²) in [7, 11) is 0. The molecule has 1 aromatic rings. The molecule has 0 spiro atoms. The molecule has 0 bridgehead atoms. The van der Waals surface area contributed by atoms with Gasteiger partial charge in [-0.1, -0.05) is 12.1 Å². The van der Waals surface area contributed by atoms with Crippen LogP contribution >= 0.6 is 0 Å². The molecule has 0 atom stereocenters. The van der Waals surface area contributed by atoms with E-state index in [1.165, 1.54) is 18.2 Å². The van der Waals surface area contributed by atoms with Gasteiger partial charge in [0.1, 0.15) is 5.82 Å². The second-order valence-corrected chi connectivity index (χ2v) is 1.78. The second kappa shape index (κ2) is 2.47. The van der Waals surface area contributed by atoms with Crippen LogP contribution in [-0.2, 0) is 0 Å². The lowest BCUT2D eigenvalue weighted by atomic mass is 10.2. The Morgan fingerprint density at radius 2 is 2.00 bits per heavy atom. The normalized spacial score (nSPS) is 9.30. The van der Waals surface area contributed by atoms with Gasteiger partial charge in [-0.2, -0.15) is 0 Å². The Morgan fingerprint density at radius 1 is 1.40 bits per heavy atom. The van der Waals surface area contributed by atoms with Gasteiger partial charge >= 0.3 is 5.97 Å². The maximum absolute atomic E-state index is 12.5. The zero-order chi connectivity index (χ0) is 7.56. The summed E-state index contributed by atoms with van der Waals surface area (Å²) in [5.74, 6) is -1.94. The largest absolute Gasteiger partial charge is 0.478 e. The van der Waals surface area contributed by atoms with Crippen molar-refractivity contribution in [1.82, 2.24) is 0 Å². The van der Waals surface area contributed by atoms with Gasteiger partial charge in [-0.15, -0.1) is 0 Å². The van der Waals surface area contributed by atoms with Crippen molar-refractivity contribution in [2.45, 2.75) is 0 Å². The van der Waals surface area contributed by atoms with E-state index in [-0.39, 0.29) is 5.56 Å². The minimum absolute atomic E-state index is 0.289. The minimum atomic E-state index is -1.24. The van der Waals surface area contributed by atoms with Crippen molar-refractivity contribution >= 4 is 5.97 Å². The monoisotopic (exact) mass is 139 g/mol. The summed E-state index contributed by atoms with van der Waals surface area (Å²) in [5.41, 5.74) is -0.289. The summed E-state index contributed by atoms with van der Waals surface area (Å²) in [6.07, 6.45) is 0. The second-order valence-electron chi connectivity index (χ2n) is 1.78. The van der Waals surface area contributed by atoms with E-state index in [1.54, 1.807) is 0 Å². The van der Waals surface area contributed by atoms with E-state index in [0.29, 0.717) is 0 Å². The van der Waals surface area contributed by atoms with Crippen LogP contribution in [0.25, 0.3) is 0 Å². The van der Waals surface area contributed by atoms with Gasteiger partial charge in [0.15, 0.2) is 0 Å². The first kappa shape index (κ1) is 6.74. The number of rotatable bonds is 1. The molecule has 10 heavy (non-hydrogen) atoms. The fraction of sp³-hybridized carbons (Fsp3) is 0. The van der Waals surface area contributed by atoms with E-state index < -0.39 is 11.8 Å². The number of benzene rings is 1. The van der Waals surface area contributed by atoms with Crippen LogP contribution in [0.2, 0.25) is 0 Å². The van der Waals surface area contributed by atoms with E-state index in [2.05, 4.69) is 0 Å². The molecule has 2 nitrogen and oxygen atoms in total. The molecule has 1 N–H and O–H groups in total. The zero-order valence-electron chi connectivity index (χ0n) is 5.04. The third-order valence-corrected chi connectivity index (χ3v) is 1.10. The van der Waals surface area contributed by atoms with Crippen molar-refractivity contribution in [3.63, 3.8) is 0 Å². The molecule has 1 rings (SSSR count). The van der Waals surface area contributed by atoms with Gasteiger partial charge in [-0.25, -0.2) is 9.18 Å². The predicted octanol–water partition coefficient (Wildman–Crippen LogP) is 1.52. The SMILES string of the molecule is O=C(O)c1ccccc1[18F]. The van der Waals surface area contributed by atoms with Crippen molar-refractivity contribution in [2.75, 3.05) is 0 Å². The summed E-state index contributed by atoms with van der Waals surface area (Å²) in [6.45, 7) is 0. The summed E-state index contributed by atoms with van der Waals surface area (Å²) < 4.78 is 12.5. The van der Waals surface area contributed by atoms with E-state index in [1.807, 2.05) is 0 Å². The smallest absolute Gasteiger partial charge is 0.338 e. The van der Waals surface area contributed by atoms with Crippen LogP contribution in [0, 0.1) is 5.82 Å². The van der Waals surface area contributed by atoms with E-state index >= 15 is 0 Å². The molecule has 0 saturated heterocycles. The Bertz CT molecular complexity index is 258. The van der Waals surface area contributed by atoms with Crippen LogP contribution < -0.4 is 0 Å². The van der Waals surface area contributed by atoms with E-state index in [0.717, 1.165) is 6.07 Å². The number of halogens is 1. The van der Waals surface area contributed by atoms with Crippen LogP contribution in [0.1, 0.15) is 10.4 Å². The Labute approximate surface area is 56.9 Å². The van der Waals surface area contributed by atoms with Crippen LogP contribution in [0.3, 0.4) is 0 Å². The van der Waals surface area contributed by atoms with Crippen LogP contribution in [-0.4, -0.2) is 11.1 Å². The molecule has 3 heteroatoms. The molecule has 0 aliphatic carbocycles. The Kier molecular flexibility index (Phi) is 1.67. The highest BCUT2D eigenvalue weighted by Crippen LogP contribution is 2.04. The van der Waals surface area contributed by atoms with Crippen molar-refractivity contribution in [3.8, 4) is 0 Å². The lowest BCUT2D eigenvalue weighted by Crippen LogP contribution is -1.98. The molecule has 0 radical (unpaired) electrons. The van der Waals surface area contributed by atoms with Gasteiger partial charge in [-0.05, 0) is 12.1 Å². The average molecular weight is 139 g/mol. The molecule has 0 fully saturated rings. The quantitative estimate of drug-likeness (QED) is 0.640. The lowest BCUT2D eigenvalue weighted by Gasteiger charge is -1.92. The summed E-state index contributed by atoms with van der Waals surface area (Å²) >= 11 is 0. The first-order valence-electron chi connectivity index (χ1n) is 2.69.